The topological polar surface area (TPSA) is 12.0 Å². The first-order valence-electron chi connectivity index (χ1n) is 5.89. The molecule has 82 valence electrons. The van der Waals surface area contributed by atoms with E-state index in [0.717, 1.165) is 18.9 Å². The molecule has 0 aliphatic rings. The molecule has 0 heterocycles. The molecule has 0 spiro atoms. The highest BCUT2D eigenvalue weighted by atomic mass is 14.9. The van der Waals surface area contributed by atoms with Crippen molar-refractivity contribution in [2.45, 2.75) is 58.9 Å². The Kier molecular flexibility index (Phi) is 8.78. The Morgan fingerprint density at radius 1 is 1.29 bits per heavy atom. The quantitative estimate of drug-likeness (QED) is 0.463. The summed E-state index contributed by atoms with van der Waals surface area (Å²) in [4.78, 5) is 0. The maximum absolute atomic E-state index is 5.22. The Balaban J connectivity index is 3.58. The van der Waals surface area contributed by atoms with Crippen LogP contribution < -0.4 is 5.32 Å². The van der Waals surface area contributed by atoms with Crippen LogP contribution in [0.15, 0.2) is 0 Å². The Morgan fingerprint density at radius 3 is 2.50 bits per heavy atom. The monoisotopic (exact) mass is 195 g/mol. The van der Waals surface area contributed by atoms with Gasteiger partial charge in [-0.15, -0.1) is 12.3 Å². The average Bonchev–Trinajstić information content (AvgIpc) is 2.16. The summed E-state index contributed by atoms with van der Waals surface area (Å²) < 4.78 is 0. The van der Waals surface area contributed by atoms with E-state index in [1.54, 1.807) is 0 Å². The SMILES string of the molecule is C#CCCCCC(NCCC)C(C)C. The summed E-state index contributed by atoms with van der Waals surface area (Å²) in [6, 6.07) is 0.674. The normalized spacial score (nSPS) is 12.8. The highest BCUT2D eigenvalue weighted by molar-refractivity contribution is 4.83. The van der Waals surface area contributed by atoms with Crippen LogP contribution in [-0.4, -0.2) is 12.6 Å². The molecule has 1 nitrogen and oxygen atoms in total. The highest BCUT2D eigenvalue weighted by Crippen LogP contribution is 2.11. The molecule has 0 amide bonds. The van der Waals surface area contributed by atoms with Crippen molar-refractivity contribution >= 4 is 0 Å². The van der Waals surface area contributed by atoms with Crippen LogP contribution in [0.1, 0.15) is 52.9 Å². The molecule has 0 radical (unpaired) electrons. The molecule has 0 bridgehead atoms. The molecule has 0 rings (SSSR count). The van der Waals surface area contributed by atoms with Gasteiger partial charge in [0, 0.05) is 12.5 Å². The van der Waals surface area contributed by atoms with E-state index in [-0.39, 0.29) is 0 Å². The van der Waals surface area contributed by atoms with Gasteiger partial charge in [0.15, 0.2) is 0 Å². The first kappa shape index (κ1) is 13.5. The molecule has 1 atom stereocenters. The van der Waals surface area contributed by atoms with Gasteiger partial charge in [-0.2, -0.15) is 0 Å². The second kappa shape index (κ2) is 9.09. The van der Waals surface area contributed by atoms with Gasteiger partial charge in [0.05, 0.1) is 0 Å². The van der Waals surface area contributed by atoms with Gasteiger partial charge in [0.2, 0.25) is 0 Å². The number of rotatable bonds is 8. The zero-order valence-electron chi connectivity index (χ0n) is 9.97. The third-order valence-corrected chi connectivity index (χ3v) is 2.55. The molecule has 0 aliphatic carbocycles. The fourth-order valence-electron chi connectivity index (χ4n) is 1.59. The minimum Gasteiger partial charge on any atom is -0.314 e. The van der Waals surface area contributed by atoms with Crippen molar-refractivity contribution in [3.05, 3.63) is 0 Å². The lowest BCUT2D eigenvalue weighted by Gasteiger charge is -2.22. The Labute approximate surface area is 89.7 Å². The van der Waals surface area contributed by atoms with E-state index in [1.165, 1.54) is 25.7 Å². The summed E-state index contributed by atoms with van der Waals surface area (Å²) in [6.07, 6.45) is 11.1. The van der Waals surface area contributed by atoms with Crippen LogP contribution in [0.4, 0.5) is 0 Å². The average molecular weight is 195 g/mol. The molecule has 0 saturated carbocycles. The summed E-state index contributed by atoms with van der Waals surface area (Å²) in [5, 5.41) is 3.59. The Hall–Kier alpha value is -0.480. The standard InChI is InChI=1S/C13H25N/c1-5-7-8-9-10-13(12(3)4)14-11-6-2/h1,12-14H,6-11H2,2-4H3. The molecular formula is C13H25N. The number of terminal acetylenes is 1. The maximum atomic E-state index is 5.22. The fraction of sp³-hybridized carbons (Fsp3) is 0.846. The summed E-state index contributed by atoms with van der Waals surface area (Å²) in [5.74, 6) is 3.42. The smallest absolute Gasteiger partial charge is 0.00900 e. The summed E-state index contributed by atoms with van der Waals surface area (Å²) in [7, 11) is 0. The van der Waals surface area contributed by atoms with Crippen molar-refractivity contribution in [2.24, 2.45) is 5.92 Å². The predicted molar refractivity (Wildman–Crippen MR) is 64.2 cm³/mol. The van der Waals surface area contributed by atoms with Gasteiger partial charge in [-0.3, -0.25) is 0 Å². The van der Waals surface area contributed by atoms with Crippen LogP contribution in [0, 0.1) is 18.3 Å². The third-order valence-electron chi connectivity index (χ3n) is 2.55. The largest absolute Gasteiger partial charge is 0.314 e. The molecule has 0 aliphatic heterocycles. The first-order valence-corrected chi connectivity index (χ1v) is 5.89. The molecule has 0 saturated heterocycles. The fourth-order valence-corrected chi connectivity index (χ4v) is 1.59. The number of hydrogen-bond acceptors (Lipinski definition) is 1. The van der Waals surface area contributed by atoms with Gasteiger partial charge in [-0.05, 0) is 31.7 Å². The van der Waals surface area contributed by atoms with E-state index in [0.29, 0.717) is 6.04 Å². The van der Waals surface area contributed by atoms with E-state index in [1.807, 2.05) is 0 Å². The van der Waals surface area contributed by atoms with E-state index in [2.05, 4.69) is 32.0 Å². The van der Waals surface area contributed by atoms with E-state index in [9.17, 15) is 0 Å². The molecular weight excluding hydrogens is 170 g/mol. The van der Waals surface area contributed by atoms with Crippen LogP contribution in [0.3, 0.4) is 0 Å². The Morgan fingerprint density at radius 2 is 2.00 bits per heavy atom. The molecule has 1 unspecified atom stereocenters. The van der Waals surface area contributed by atoms with Crippen LogP contribution >= 0.6 is 0 Å². The molecule has 0 fully saturated rings. The molecule has 1 heteroatoms. The lowest BCUT2D eigenvalue weighted by atomic mass is 9.98. The lowest BCUT2D eigenvalue weighted by Crippen LogP contribution is -2.34. The van der Waals surface area contributed by atoms with Crippen LogP contribution in [-0.2, 0) is 0 Å². The van der Waals surface area contributed by atoms with E-state index in [4.69, 9.17) is 6.42 Å². The van der Waals surface area contributed by atoms with Gasteiger partial charge >= 0.3 is 0 Å². The van der Waals surface area contributed by atoms with Crippen molar-refractivity contribution in [3.8, 4) is 12.3 Å². The summed E-state index contributed by atoms with van der Waals surface area (Å²) in [5.41, 5.74) is 0. The molecule has 0 aromatic heterocycles. The van der Waals surface area contributed by atoms with Crippen molar-refractivity contribution in [2.75, 3.05) is 6.54 Å². The second-order valence-corrected chi connectivity index (χ2v) is 4.25. The molecule has 0 aromatic carbocycles. The number of unbranched alkanes of at least 4 members (excludes halogenated alkanes) is 2. The molecule has 0 aromatic rings. The maximum Gasteiger partial charge on any atom is 0.00900 e. The van der Waals surface area contributed by atoms with Gasteiger partial charge in [-0.25, -0.2) is 0 Å². The van der Waals surface area contributed by atoms with Crippen LogP contribution in [0.2, 0.25) is 0 Å². The van der Waals surface area contributed by atoms with Crippen molar-refractivity contribution in [3.63, 3.8) is 0 Å². The van der Waals surface area contributed by atoms with Crippen molar-refractivity contribution in [1.29, 1.82) is 0 Å². The van der Waals surface area contributed by atoms with Crippen LogP contribution in [0.5, 0.6) is 0 Å². The number of hydrogen-bond donors (Lipinski definition) is 1. The van der Waals surface area contributed by atoms with Crippen LogP contribution in [0.25, 0.3) is 0 Å². The minimum absolute atomic E-state index is 0.674. The first-order chi connectivity index (χ1) is 6.72. The van der Waals surface area contributed by atoms with Gasteiger partial charge in [-0.1, -0.05) is 27.2 Å². The minimum atomic E-state index is 0.674. The van der Waals surface area contributed by atoms with E-state index < -0.39 is 0 Å². The summed E-state index contributed by atoms with van der Waals surface area (Å²) in [6.45, 7) is 7.92. The molecule has 1 N–H and O–H groups in total. The number of nitrogens with one attached hydrogen (secondary N) is 1. The molecule has 14 heavy (non-hydrogen) atoms. The predicted octanol–water partition coefficient (Wildman–Crippen LogP) is 3.20. The van der Waals surface area contributed by atoms with Gasteiger partial charge in [0.25, 0.3) is 0 Å². The second-order valence-electron chi connectivity index (χ2n) is 4.25. The highest BCUT2D eigenvalue weighted by Gasteiger charge is 2.10. The lowest BCUT2D eigenvalue weighted by molar-refractivity contribution is 0.367. The van der Waals surface area contributed by atoms with Crippen molar-refractivity contribution in [1.82, 2.24) is 5.32 Å². The summed E-state index contributed by atoms with van der Waals surface area (Å²) >= 11 is 0. The third kappa shape index (κ3) is 6.97. The zero-order chi connectivity index (χ0) is 10.8. The van der Waals surface area contributed by atoms with Gasteiger partial charge in [0.1, 0.15) is 0 Å². The van der Waals surface area contributed by atoms with E-state index >= 15 is 0 Å². The van der Waals surface area contributed by atoms with Crippen molar-refractivity contribution < 1.29 is 0 Å². The zero-order valence-corrected chi connectivity index (χ0v) is 9.97. The Bertz CT molecular complexity index is 155. The van der Waals surface area contributed by atoms with Gasteiger partial charge < -0.3 is 5.32 Å².